The molecule has 0 saturated heterocycles. The van der Waals surface area contributed by atoms with Gasteiger partial charge in [0.15, 0.2) is 0 Å². The summed E-state index contributed by atoms with van der Waals surface area (Å²) in [5.41, 5.74) is 2.17. The lowest BCUT2D eigenvalue weighted by Gasteiger charge is -2.05. The van der Waals surface area contributed by atoms with E-state index in [2.05, 4.69) is 31.2 Å². The fraction of sp³-hybridized carbons (Fsp3) is 0.182. The van der Waals surface area contributed by atoms with Crippen LogP contribution in [0.5, 0.6) is 5.75 Å². The molecule has 5 heteroatoms. The molecule has 84 valence electrons. The Hall–Kier alpha value is -1.33. The van der Waals surface area contributed by atoms with E-state index >= 15 is 0 Å². The van der Waals surface area contributed by atoms with Crippen molar-refractivity contribution < 1.29 is 5.11 Å². The minimum atomic E-state index is 0.261. The van der Waals surface area contributed by atoms with E-state index in [0.29, 0.717) is 4.47 Å². The summed E-state index contributed by atoms with van der Waals surface area (Å²) >= 11 is 3.28. The molecule has 0 aliphatic carbocycles. The Bertz CT molecular complexity index is 456. The number of H-pyrrole nitrogens is 1. The van der Waals surface area contributed by atoms with Crippen molar-refractivity contribution in [2.45, 2.75) is 13.1 Å². The number of imidazole rings is 1. The summed E-state index contributed by atoms with van der Waals surface area (Å²) < 4.78 is 0.716. The summed E-state index contributed by atoms with van der Waals surface area (Å²) in [6.45, 7) is 1.50. The van der Waals surface area contributed by atoms with E-state index in [9.17, 15) is 5.11 Å². The van der Waals surface area contributed by atoms with E-state index in [1.807, 2.05) is 12.1 Å². The van der Waals surface area contributed by atoms with Crippen LogP contribution in [0.2, 0.25) is 0 Å². The number of nitrogens with zero attached hydrogens (tertiary/aromatic N) is 1. The van der Waals surface area contributed by atoms with Gasteiger partial charge in [0, 0.05) is 25.0 Å². The first kappa shape index (κ1) is 11.2. The summed E-state index contributed by atoms with van der Waals surface area (Å²) in [7, 11) is 0. The van der Waals surface area contributed by atoms with Crippen LogP contribution in [-0.2, 0) is 13.1 Å². The Balaban J connectivity index is 1.87. The molecule has 3 N–H and O–H groups in total. The normalized spacial score (nSPS) is 10.6. The third-order valence-electron chi connectivity index (χ3n) is 2.21. The smallest absolute Gasteiger partial charge is 0.129 e. The van der Waals surface area contributed by atoms with Crippen molar-refractivity contribution in [2.75, 3.05) is 0 Å². The van der Waals surface area contributed by atoms with Gasteiger partial charge < -0.3 is 15.4 Å². The molecule has 0 bridgehead atoms. The van der Waals surface area contributed by atoms with Gasteiger partial charge in [0.1, 0.15) is 5.75 Å². The number of rotatable bonds is 4. The quantitative estimate of drug-likeness (QED) is 0.805. The molecule has 0 aliphatic heterocycles. The van der Waals surface area contributed by atoms with Crippen LogP contribution in [0.4, 0.5) is 0 Å². The maximum absolute atomic E-state index is 9.34. The van der Waals surface area contributed by atoms with Crippen molar-refractivity contribution in [1.29, 1.82) is 0 Å². The minimum absolute atomic E-state index is 0.261. The molecule has 1 aromatic carbocycles. The van der Waals surface area contributed by atoms with Crippen molar-refractivity contribution in [3.8, 4) is 5.75 Å². The molecule has 2 aromatic rings. The largest absolute Gasteiger partial charge is 0.507 e. The van der Waals surface area contributed by atoms with Crippen molar-refractivity contribution >= 4 is 15.9 Å². The van der Waals surface area contributed by atoms with Crippen molar-refractivity contribution in [3.05, 3.63) is 46.5 Å². The van der Waals surface area contributed by atoms with Crippen LogP contribution < -0.4 is 5.32 Å². The van der Waals surface area contributed by atoms with Gasteiger partial charge in [-0.05, 0) is 33.6 Å². The SMILES string of the molecule is Oc1ccc(CNCc2cnc[nH]2)cc1Br. The van der Waals surface area contributed by atoms with Crippen molar-refractivity contribution in [3.63, 3.8) is 0 Å². The molecule has 0 amide bonds. The highest BCUT2D eigenvalue weighted by atomic mass is 79.9. The molecule has 0 unspecified atom stereocenters. The summed E-state index contributed by atoms with van der Waals surface area (Å²) in [6, 6.07) is 5.46. The maximum atomic E-state index is 9.34. The third-order valence-corrected chi connectivity index (χ3v) is 2.85. The fourth-order valence-corrected chi connectivity index (χ4v) is 1.81. The Labute approximate surface area is 102 Å². The molecule has 0 saturated carbocycles. The monoisotopic (exact) mass is 281 g/mol. The van der Waals surface area contributed by atoms with Crippen LogP contribution in [0.25, 0.3) is 0 Å². The van der Waals surface area contributed by atoms with Gasteiger partial charge in [-0.25, -0.2) is 4.98 Å². The Kier molecular flexibility index (Phi) is 3.58. The molecule has 0 aliphatic rings. The number of halogens is 1. The zero-order valence-corrected chi connectivity index (χ0v) is 10.2. The number of aromatic hydroxyl groups is 1. The van der Waals surface area contributed by atoms with E-state index in [4.69, 9.17) is 0 Å². The molecule has 2 rings (SSSR count). The summed E-state index contributed by atoms with van der Waals surface area (Å²) in [5.74, 6) is 0.261. The standard InChI is InChI=1S/C11H12BrN3O/c12-10-3-8(1-2-11(10)16)4-13-5-9-6-14-7-15-9/h1-3,6-7,13,16H,4-5H2,(H,14,15). The molecule has 1 heterocycles. The molecule has 4 nitrogen and oxygen atoms in total. The Morgan fingerprint density at radius 3 is 2.94 bits per heavy atom. The first-order chi connectivity index (χ1) is 7.75. The van der Waals surface area contributed by atoms with Gasteiger partial charge in [-0.2, -0.15) is 0 Å². The van der Waals surface area contributed by atoms with E-state index in [0.717, 1.165) is 24.3 Å². The zero-order chi connectivity index (χ0) is 11.4. The highest BCUT2D eigenvalue weighted by Crippen LogP contribution is 2.24. The predicted molar refractivity (Wildman–Crippen MR) is 64.9 cm³/mol. The van der Waals surface area contributed by atoms with Gasteiger partial charge >= 0.3 is 0 Å². The van der Waals surface area contributed by atoms with E-state index in [1.165, 1.54) is 0 Å². The van der Waals surface area contributed by atoms with Gasteiger partial charge in [0.05, 0.1) is 10.8 Å². The summed E-state index contributed by atoms with van der Waals surface area (Å²) in [4.78, 5) is 6.96. The molecule has 16 heavy (non-hydrogen) atoms. The van der Waals surface area contributed by atoms with Crippen LogP contribution in [0.3, 0.4) is 0 Å². The van der Waals surface area contributed by atoms with E-state index < -0.39 is 0 Å². The van der Waals surface area contributed by atoms with Crippen LogP contribution in [0.15, 0.2) is 35.2 Å². The second-order valence-electron chi connectivity index (χ2n) is 3.47. The van der Waals surface area contributed by atoms with Crippen molar-refractivity contribution in [1.82, 2.24) is 15.3 Å². The third kappa shape index (κ3) is 2.84. The lowest BCUT2D eigenvalue weighted by atomic mass is 10.2. The highest BCUT2D eigenvalue weighted by molar-refractivity contribution is 9.10. The number of hydrogen-bond donors (Lipinski definition) is 3. The fourth-order valence-electron chi connectivity index (χ4n) is 1.38. The molecule has 0 spiro atoms. The number of aromatic nitrogens is 2. The number of hydrogen-bond acceptors (Lipinski definition) is 3. The summed E-state index contributed by atoms with van der Waals surface area (Å²) in [6.07, 6.45) is 3.45. The number of phenols is 1. The van der Waals surface area contributed by atoms with Gasteiger partial charge in [0.25, 0.3) is 0 Å². The second-order valence-corrected chi connectivity index (χ2v) is 4.32. The van der Waals surface area contributed by atoms with Crippen LogP contribution in [0.1, 0.15) is 11.3 Å². The van der Waals surface area contributed by atoms with Gasteiger partial charge in [-0.3, -0.25) is 0 Å². The average molecular weight is 282 g/mol. The first-order valence-corrected chi connectivity index (χ1v) is 5.70. The molecule has 1 aromatic heterocycles. The van der Waals surface area contributed by atoms with Gasteiger partial charge in [0.2, 0.25) is 0 Å². The Morgan fingerprint density at radius 2 is 2.25 bits per heavy atom. The number of aromatic amines is 1. The molecule has 0 atom stereocenters. The van der Waals surface area contributed by atoms with E-state index in [1.54, 1.807) is 18.6 Å². The highest BCUT2D eigenvalue weighted by Gasteiger charge is 1.99. The Morgan fingerprint density at radius 1 is 1.38 bits per heavy atom. The number of phenolic OH excluding ortho intramolecular Hbond substituents is 1. The van der Waals surface area contributed by atoms with Crippen molar-refractivity contribution in [2.24, 2.45) is 0 Å². The zero-order valence-electron chi connectivity index (χ0n) is 8.57. The molecule has 0 radical (unpaired) electrons. The second kappa shape index (κ2) is 5.14. The van der Waals surface area contributed by atoms with Gasteiger partial charge in [-0.15, -0.1) is 0 Å². The average Bonchev–Trinajstić information content (AvgIpc) is 2.76. The topological polar surface area (TPSA) is 60.9 Å². The van der Waals surface area contributed by atoms with Crippen LogP contribution >= 0.6 is 15.9 Å². The van der Waals surface area contributed by atoms with Crippen LogP contribution in [0, 0.1) is 0 Å². The van der Waals surface area contributed by atoms with E-state index in [-0.39, 0.29) is 5.75 Å². The predicted octanol–water partition coefficient (Wildman–Crippen LogP) is 2.17. The van der Waals surface area contributed by atoms with Gasteiger partial charge in [-0.1, -0.05) is 6.07 Å². The maximum Gasteiger partial charge on any atom is 0.129 e. The number of nitrogens with one attached hydrogen (secondary N) is 2. The first-order valence-electron chi connectivity index (χ1n) is 4.91. The summed E-state index contributed by atoms with van der Waals surface area (Å²) in [5, 5.41) is 12.6. The lowest BCUT2D eigenvalue weighted by molar-refractivity contribution is 0.471. The van der Waals surface area contributed by atoms with Crippen LogP contribution in [-0.4, -0.2) is 15.1 Å². The number of benzene rings is 1. The minimum Gasteiger partial charge on any atom is -0.507 e. The molecular formula is C11H12BrN3O. The molecule has 0 fully saturated rings. The lowest BCUT2D eigenvalue weighted by Crippen LogP contribution is -2.12. The molecular weight excluding hydrogens is 270 g/mol.